The van der Waals surface area contributed by atoms with Gasteiger partial charge in [0.05, 0.1) is 12.7 Å². The molecule has 1 aromatic rings. The van der Waals surface area contributed by atoms with E-state index >= 15 is 0 Å². The monoisotopic (exact) mass is 273 g/mol. The van der Waals surface area contributed by atoms with E-state index in [0.29, 0.717) is 19.0 Å². The molecule has 1 aliphatic rings. The average Bonchev–Trinajstić information content (AvgIpc) is 2.82. The van der Waals surface area contributed by atoms with Crippen molar-refractivity contribution < 1.29 is 4.79 Å². The van der Waals surface area contributed by atoms with E-state index in [-0.39, 0.29) is 24.4 Å². The van der Waals surface area contributed by atoms with Crippen molar-refractivity contribution in [3.05, 3.63) is 12.4 Å². The van der Waals surface area contributed by atoms with Gasteiger partial charge in [0.25, 0.3) is 0 Å². The Hall–Kier alpha value is -1.14. The molecular weight excluding hydrogens is 254 g/mol. The minimum atomic E-state index is 0. The number of amides is 1. The third-order valence-corrected chi connectivity index (χ3v) is 3.15. The second kappa shape index (κ2) is 7.33. The number of hydrogen-bond donors (Lipinski definition) is 2. The van der Waals surface area contributed by atoms with Crippen LogP contribution in [-0.4, -0.2) is 39.5 Å². The Balaban J connectivity index is 0.00000162. The molecule has 1 aromatic heterocycles. The molecule has 102 valence electrons. The van der Waals surface area contributed by atoms with Crippen LogP contribution in [0.5, 0.6) is 0 Å². The van der Waals surface area contributed by atoms with E-state index in [1.807, 2.05) is 0 Å². The largest absolute Gasteiger partial charge is 0.352 e. The van der Waals surface area contributed by atoms with Gasteiger partial charge in [-0.2, -0.15) is 0 Å². The number of piperidine rings is 1. The molecule has 1 fully saturated rings. The highest BCUT2D eigenvalue weighted by molar-refractivity contribution is 5.85. The molecule has 1 saturated heterocycles. The van der Waals surface area contributed by atoms with Crippen LogP contribution in [0, 0.1) is 0 Å². The van der Waals surface area contributed by atoms with E-state index in [4.69, 9.17) is 0 Å². The van der Waals surface area contributed by atoms with Crippen LogP contribution < -0.4 is 10.6 Å². The molecule has 0 spiro atoms. The van der Waals surface area contributed by atoms with Crippen LogP contribution in [0.15, 0.2) is 12.4 Å². The highest BCUT2D eigenvalue weighted by Gasteiger charge is 2.21. The van der Waals surface area contributed by atoms with E-state index in [0.717, 1.165) is 19.4 Å². The summed E-state index contributed by atoms with van der Waals surface area (Å²) in [6.07, 6.45) is 6.01. The average molecular weight is 274 g/mol. The Bertz CT molecular complexity index is 356. The molecule has 0 radical (unpaired) electrons. The molecule has 2 unspecified atom stereocenters. The van der Waals surface area contributed by atoms with Crippen LogP contribution >= 0.6 is 12.4 Å². The first-order valence-electron chi connectivity index (χ1n) is 6.12. The fraction of sp³-hybridized carbons (Fsp3) is 0.727. The molecule has 2 rings (SSSR count). The normalized spacial score (nSPS) is 23.2. The SMILES string of the molecule is CC1NCCCC1NC(=O)CCn1ccnn1.Cl. The number of aryl methyl sites for hydroxylation is 1. The molecule has 0 aliphatic carbocycles. The molecule has 2 heterocycles. The third-order valence-electron chi connectivity index (χ3n) is 3.15. The molecular formula is C11H20ClN5O. The summed E-state index contributed by atoms with van der Waals surface area (Å²) in [6, 6.07) is 0.617. The van der Waals surface area contributed by atoms with Gasteiger partial charge in [0.2, 0.25) is 5.91 Å². The van der Waals surface area contributed by atoms with E-state index < -0.39 is 0 Å². The molecule has 6 nitrogen and oxygen atoms in total. The van der Waals surface area contributed by atoms with Crippen molar-refractivity contribution in [1.82, 2.24) is 25.6 Å². The highest BCUT2D eigenvalue weighted by Crippen LogP contribution is 2.08. The highest BCUT2D eigenvalue weighted by atomic mass is 35.5. The van der Waals surface area contributed by atoms with Gasteiger partial charge in [-0.1, -0.05) is 5.21 Å². The van der Waals surface area contributed by atoms with Crippen molar-refractivity contribution in [2.24, 2.45) is 0 Å². The molecule has 1 amide bonds. The van der Waals surface area contributed by atoms with Crippen molar-refractivity contribution in [2.75, 3.05) is 6.54 Å². The van der Waals surface area contributed by atoms with Gasteiger partial charge in [-0.05, 0) is 26.3 Å². The second-order valence-corrected chi connectivity index (χ2v) is 4.48. The number of carbonyl (C=O) groups is 1. The molecule has 0 saturated carbocycles. The van der Waals surface area contributed by atoms with Crippen LogP contribution in [-0.2, 0) is 11.3 Å². The quantitative estimate of drug-likeness (QED) is 0.830. The number of nitrogens with zero attached hydrogens (tertiary/aromatic N) is 3. The van der Waals surface area contributed by atoms with E-state index in [2.05, 4.69) is 27.9 Å². The van der Waals surface area contributed by atoms with Crippen LogP contribution in [0.3, 0.4) is 0 Å². The van der Waals surface area contributed by atoms with Crippen LogP contribution in [0.2, 0.25) is 0 Å². The van der Waals surface area contributed by atoms with Crippen LogP contribution in [0.4, 0.5) is 0 Å². The maximum atomic E-state index is 11.8. The minimum absolute atomic E-state index is 0. The molecule has 18 heavy (non-hydrogen) atoms. The number of hydrogen-bond acceptors (Lipinski definition) is 4. The lowest BCUT2D eigenvalue weighted by Crippen LogP contribution is -2.52. The number of rotatable bonds is 4. The molecule has 0 bridgehead atoms. The topological polar surface area (TPSA) is 71.8 Å². The Labute approximate surface area is 113 Å². The van der Waals surface area contributed by atoms with Gasteiger partial charge in [0.1, 0.15) is 0 Å². The van der Waals surface area contributed by atoms with Crippen LogP contribution in [0.25, 0.3) is 0 Å². The van der Waals surface area contributed by atoms with Crippen molar-refractivity contribution >= 4 is 18.3 Å². The number of halogens is 1. The fourth-order valence-electron chi connectivity index (χ4n) is 2.09. The zero-order chi connectivity index (χ0) is 12.1. The predicted octanol–water partition coefficient (Wildman–Crippen LogP) is 0.347. The lowest BCUT2D eigenvalue weighted by molar-refractivity contribution is -0.122. The van der Waals surface area contributed by atoms with Gasteiger partial charge < -0.3 is 10.6 Å². The molecule has 2 N–H and O–H groups in total. The van der Waals surface area contributed by atoms with Crippen molar-refractivity contribution in [1.29, 1.82) is 0 Å². The first-order valence-corrected chi connectivity index (χ1v) is 6.12. The van der Waals surface area contributed by atoms with Crippen molar-refractivity contribution in [3.63, 3.8) is 0 Å². The van der Waals surface area contributed by atoms with Gasteiger partial charge >= 0.3 is 0 Å². The third kappa shape index (κ3) is 4.27. The summed E-state index contributed by atoms with van der Waals surface area (Å²) in [4.78, 5) is 11.8. The standard InChI is InChI=1S/C11H19N5O.ClH/c1-9-10(3-2-5-12-9)14-11(17)4-7-16-8-6-13-15-16;/h6,8-10,12H,2-5,7H2,1H3,(H,14,17);1H. The second-order valence-electron chi connectivity index (χ2n) is 4.48. The summed E-state index contributed by atoms with van der Waals surface area (Å²) in [5.41, 5.74) is 0. The lowest BCUT2D eigenvalue weighted by Gasteiger charge is -2.30. The maximum Gasteiger partial charge on any atom is 0.222 e. The zero-order valence-corrected chi connectivity index (χ0v) is 11.3. The minimum Gasteiger partial charge on any atom is -0.352 e. The number of aromatic nitrogens is 3. The number of nitrogens with one attached hydrogen (secondary N) is 2. The first kappa shape index (κ1) is 14.9. The Kier molecular flexibility index (Phi) is 6.07. The van der Waals surface area contributed by atoms with Crippen molar-refractivity contribution in [2.45, 2.75) is 44.8 Å². The molecule has 7 heteroatoms. The Morgan fingerprint density at radius 3 is 3.11 bits per heavy atom. The van der Waals surface area contributed by atoms with Crippen molar-refractivity contribution in [3.8, 4) is 0 Å². The molecule has 1 aliphatic heterocycles. The van der Waals surface area contributed by atoms with Gasteiger partial charge in [0.15, 0.2) is 0 Å². The van der Waals surface area contributed by atoms with E-state index in [1.54, 1.807) is 17.1 Å². The fourth-order valence-corrected chi connectivity index (χ4v) is 2.09. The van der Waals surface area contributed by atoms with E-state index in [1.165, 1.54) is 0 Å². The van der Waals surface area contributed by atoms with Gasteiger partial charge in [0, 0.05) is 24.7 Å². The summed E-state index contributed by atoms with van der Waals surface area (Å²) in [7, 11) is 0. The Morgan fingerprint density at radius 1 is 1.61 bits per heavy atom. The Morgan fingerprint density at radius 2 is 2.44 bits per heavy atom. The van der Waals surface area contributed by atoms with Gasteiger partial charge in [-0.25, -0.2) is 0 Å². The summed E-state index contributed by atoms with van der Waals surface area (Å²) >= 11 is 0. The summed E-state index contributed by atoms with van der Waals surface area (Å²) < 4.78 is 1.67. The summed E-state index contributed by atoms with van der Waals surface area (Å²) in [6.45, 7) is 3.74. The molecule has 2 atom stereocenters. The number of carbonyl (C=O) groups excluding carboxylic acids is 1. The molecule has 0 aromatic carbocycles. The van der Waals surface area contributed by atoms with Gasteiger partial charge in [-0.15, -0.1) is 17.5 Å². The predicted molar refractivity (Wildman–Crippen MR) is 70.5 cm³/mol. The summed E-state index contributed by atoms with van der Waals surface area (Å²) in [5, 5.41) is 14.0. The van der Waals surface area contributed by atoms with Crippen LogP contribution in [0.1, 0.15) is 26.2 Å². The maximum absolute atomic E-state index is 11.8. The summed E-state index contributed by atoms with van der Waals surface area (Å²) in [5.74, 6) is 0.0843. The lowest BCUT2D eigenvalue weighted by atomic mass is 10.00. The van der Waals surface area contributed by atoms with Gasteiger partial charge in [-0.3, -0.25) is 9.48 Å². The zero-order valence-electron chi connectivity index (χ0n) is 10.5. The smallest absolute Gasteiger partial charge is 0.222 e. The van der Waals surface area contributed by atoms with E-state index in [9.17, 15) is 4.79 Å². The first-order chi connectivity index (χ1) is 8.25.